The number of nitrogens with zero attached hydrogens (tertiary/aromatic N) is 2. The van der Waals surface area contributed by atoms with Crippen LogP contribution in [0.2, 0.25) is 0 Å². The molecule has 1 fully saturated rings. The van der Waals surface area contributed by atoms with Gasteiger partial charge in [-0.1, -0.05) is 11.6 Å². The molecule has 1 saturated heterocycles. The number of rotatable bonds is 1. The van der Waals surface area contributed by atoms with Gasteiger partial charge in [0, 0.05) is 31.9 Å². The van der Waals surface area contributed by atoms with Gasteiger partial charge in [0.05, 0.1) is 0 Å². The molecule has 0 saturated carbocycles. The molecule has 0 spiro atoms. The minimum Gasteiger partial charge on any atom is -0.372 e. The molecule has 2 heteroatoms. The molecule has 0 amide bonds. The predicted octanol–water partition coefficient (Wildman–Crippen LogP) is 1.86. The Balaban J connectivity index is 1.98. The largest absolute Gasteiger partial charge is 0.372 e. The predicted molar refractivity (Wildman–Crippen MR) is 60.1 cm³/mol. The maximum Gasteiger partial charge on any atom is 0.0303 e. The molecule has 0 unspecified atom stereocenters. The summed E-state index contributed by atoms with van der Waals surface area (Å²) in [7, 11) is 2.21. The SMILES string of the molecule is CC1=CCCC(N2CCN(C)CC2)=C1. The van der Waals surface area contributed by atoms with Crippen LogP contribution in [0.1, 0.15) is 19.8 Å². The number of hydrogen-bond acceptors (Lipinski definition) is 2. The summed E-state index contributed by atoms with van der Waals surface area (Å²) in [5, 5.41) is 0. The molecular formula is C12H20N2. The van der Waals surface area contributed by atoms with Crippen LogP contribution in [-0.4, -0.2) is 43.0 Å². The van der Waals surface area contributed by atoms with E-state index in [1.54, 1.807) is 5.70 Å². The standard InChI is InChI=1S/C12H20N2/c1-11-4-3-5-12(10-11)14-8-6-13(2)7-9-14/h4,10H,3,5-9H2,1-2H3. The highest BCUT2D eigenvalue weighted by atomic mass is 15.2. The third kappa shape index (κ3) is 2.18. The van der Waals surface area contributed by atoms with Crippen LogP contribution in [0, 0.1) is 0 Å². The average molecular weight is 192 g/mol. The zero-order valence-corrected chi connectivity index (χ0v) is 9.29. The van der Waals surface area contributed by atoms with E-state index in [0.717, 1.165) is 0 Å². The molecule has 78 valence electrons. The van der Waals surface area contributed by atoms with E-state index in [-0.39, 0.29) is 0 Å². The minimum atomic E-state index is 1.20. The summed E-state index contributed by atoms with van der Waals surface area (Å²) in [6, 6.07) is 0. The van der Waals surface area contributed by atoms with Gasteiger partial charge in [-0.3, -0.25) is 0 Å². The Hall–Kier alpha value is -0.760. The lowest BCUT2D eigenvalue weighted by molar-refractivity contribution is 0.182. The first-order valence-corrected chi connectivity index (χ1v) is 5.56. The second-order valence-corrected chi connectivity index (χ2v) is 4.41. The summed E-state index contributed by atoms with van der Waals surface area (Å²) in [5.41, 5.74) is 2.99. The van der Waals surface area contributed by atoms with E-state index in [4.69, 9.17) is 0 Å². The van der Waals surface area contributed by atoms with Crippen LogP contribution >= 0.6 is 0 Å². The van der Waals surface area contributed by atoms with E-state index < -0.39 is 0 Å². The Morgan fingerprint density at radius 3 is 2.50 bits per heavy atom. The summed E-state index contributed by atoms with van der Waals surface area (Å²) >= 11 is 0. The normalized spacial score (nSPS) is 24.6. The second kappa shape index (κ2) is 4.18. The van der Waals surface area contributed by atoms with Crippen LogP contribution in [0.25, 0.3) is 0 Å². The molecule has 2 rings (SSSR count). The first-order valence-electron chi connectivity index (χ1n) is 5.56. The van der Waals surface area contributed by atoms with Gasteiger partial charge in [-0.2, -0.15) is 0 Å². The Morgan fingerprint density at radius 2 is 1.86 bits per heavy atom. The zero-order chi connectivity index (χ0) is 9.97. The van der Waals surface area contributed by atoms with Gasteiger partial charge in [0.2, 0.25) is 0 Å². The zero-order valence-electron chi connectivity index (χ0n) is 9.29. The van der Waals surface area contributed by atoms with E-state index >= 15 is 0 Å². The monoisotopic (exact) mass is 192 g/mol. The Morgan fingerprint density at radius 1 is 1.14 bits per heavy atom. The molecule has 0 atom stereocenters. The van der Waals surface area contributed by atoms with Crippen LogP contribution in [-0.2, 0) is 0 Å². The van der Waals surface area contributed by atoms with Crippen molar-refractivity contribution in [3.8, 4) is 0 Å². The number of hydrogen-bond donors (Lipinski definition) is 0. The summed E-state index contributed by atoms with van der Waals surface area (Å²) in [4.78, 5) is 4.96. The summed E-state index contributed by atoms with van der Waals surface area (Å²) < 4.78 is 0. The number of allylic oxidation sites excluding steroid dienone is 4. The maximum absolute atomic E-state index is 2.55. The van der Waals surface area contributed by atoms with Crippen molar-refractivity contribution >= 4 is 0 Å². The topological polar surface area (TPSA) is 6.48 Å². The Bertz CT molecular complexity index is 257. The quantitative estimate of drug-likeness (QED) is 0.625. The smallest absolute Gasteiger partial charge is 0.0303 e. The maximum atomic E-state index is 2.55. The van der Waals surface area contributed by atoms with Crippen molar-refractivity contribution in [2.45, 2.75) is 19.8 Å². The van der Waals surface area contributed by atoms with Gasteiger partial charge in [0.25, 0.3) is 0 Å². The van der Waals surface area contributed by atoms with Gasteiger partial charge in [-0.25, -0.2) is 0 Å². The van der Waals surface area contributed by atoms with Crippen LogP contribution in [0.5, 0.6) is 0 Å². The van der Waals surface area contributed by atoms with Gasteiger partial charge in [-0.15, -0.1) is 0 Å². The lowest BCUT2D eigenvalue weighted by Gasteiger charge is -2.36. The van der Waals surface area contributed by atoms with Gasteiger partial charge >= 0.3 is 0 Å². The van der Waals surface area contributed by atoms with Crippen molar-refractivity contribution in [1.29, 1.82) is 0 Å². The molecule has 1 heterocycles. The average Bonchev–Trinajstić information content (AvgIpc) is 2.19. The van der Waals surface area contributed by atoms with Gasteiger partial charge in [0.15, 0.2) is 0 Å². The van der Waals surface area contributed by atoms with E-state index in [1.807, 2.05) is 0 Å². The molecule has 0 radical (unpaired) electrons. The summed E-state index contributed by atoms with van der Waals surface area (Å²) in [6.45, 7) is 7.03. The first kappa shape index (κ1) is 9.78. The molecule has 0 N–H and O–H groups in total. The van der Waals surface area contributed by atoms with E-state index in [9.17, 15) is 0 Å². The first-order chi connectivity index (χ1) is 6.75. The van der Waals surface area contributed by atoms with Crippen molar-refractivity contribution in [3.63, 3.8) is 0 Å². The fraction of sp³-hybridized carbons (Fsp3) is 0.667. The molecule has 2 aliphatic rings. The van der Waals surface area contributed by atoms with Gasteiger partial charge in [0.1, 0.15) is 0 Å². The number of likely N-dealkylation sites (N-methyl/N-ethyl adjacent to an activating group) is 1. The van der Waals surface area contributed by atoms with Crippen molar-refractivity contribution in [2.24, 2.45) is 0 Å². The van der Waals surface area contributed by atoms with Crippen LogP contribution < -0.4 is 0 Å². The highest BCUT2D eigenvalue weighted by Gasteiger charge is 2.16. The molecule has 0 bridgehead atoms. The summed E-state index contributed by atoms with van der Waals surface area (Å²) in [6.07, 6.45) is 7.15. The van der Waals surface area contributed by atoms with Crippen molar-refractivity contribution in [1.82, 2.24) is 9.80 Å². The molecule has 1 aliphatic heterocycles. The molecule has 0 aromatic heterocycles. The molecule has 2 nitrogen and oxygen atoms in total. The van der Waals surface area contributed by atoms with E-state index in [2.05, 4.69) is 35.9 Å². The van der Waals surface area contributed by atoms with Crippen LogP contribution in [0.15, 0.2) is 23.4 Å². The van der Waals surface area contributed by atoms with Crippen molar-refractivity contribution in [3.05, 3.63) is 23.4 Å². The second-order valence-electron chi connectivity index (χ2n) is 4.41. The molecule has 14 heavy (non-hydrogen) atoms. The molecular weight excluding hydrogens is 172 g/mol. The van der Waals surface area contributed by atoms with Crippen LogP contribution in [0.3, 0.4) is 0 Å². The van der Waals surface area contributed by atoms with Gasteiger partial charge < -0.3 is 9.80 Å². The fourth-order valence-electron chi connectivity index (χ4n) is 2.18. The number of piperazine rings is 1. The highest BCUT2D eigenvalue weighted by Crippen LogP contribution is 2.21. The van der Waals surface area contributed by atoms with E-state index in [0.29, 0.717) is 0 Å². The van der Waals surface area contributed by atoms with Crippen molar-refractivity contribution < 1.29 is 0 Å². The highest BCUT2D eigenvalue weighted by molar-refractivity contribution is 5.25. The minimum absolute atomic E-state index is 1.20. The van der Waals surface area contributed by atoms with Gasteiger partial charge in [-0.05, 0) is 32.9 Å². The third-order valence-corrected chi connectivity index (χ3v) is 3.17. The van der Waals surface area contributed by atoms with E-state index in [1.165, 1.54) is 44.6 Å². The third-order valence-electron chi connectivity index (χ3n) is 3.17. The van der Waals surface area contributed by atoms with Crippen LogP contribution in [0.4, 0.5) is 0 Å². The molecule has 0 aromatic carbocycles. The fourth-order valence-corrected chi connectivity index (χ4v) is 2.18. The van der Waals surface area contributed by atoms with Crippen molar-refractivity contribution in [2.75, 3.05) is 33.2 Å². The summed E-state index contributed by atoms with van der Waals surface area (Å²) in [5.74, 6) is 0. The molecule has 0 aromatic rings. The lowest BCUT2D eigenvalue weighted by atomic mass is 10.0. The Labute approximate surface area is 86.9 Å². The lowest BCUT2D eigenvalue weighted by Crippen LogP contribution is -2.43. The molecule has 1 aliphatic carbocycles. The Kier molecular flexibility index (Phi) is 2.92.